The Kier molecular flexibility index (Phi) is 6.06. The summed E-state index contributed by atoms with van der Waals surface area (Å²) in [5, 5.41) is 0. The largest absolute Gasteiger partial charge is 0.342 e. The smallest absolute Gasteiger partial charge is 0.228 e. The molecule has 1 aromatic carbocycles. The minimum atomic E-state index is -3.36. The molecule has 0 aliphatic carbocycles. The molecule has 2 saturated heterocycles. The quantitative estimate of drug-likeness (QED) is 0.663. The number of likely N-dealkylation sites (tertiary alicyclic amines) is 1. The molecule has 3 N–H and O–H groups in total. The van der Waals surface area contributed by atoms with Crippen LogP contribution in [0.25, 0.3) is 0 Å². The highest BCUT2D eigenvalue weighted by atomic mass is 32.2. The van der Waals surface area contributed by atoms with Crippen LogP contribution in [-0.4, -0.2) is 51.9 Å². The van der Waals surface area contributed by atoms with E-state index in [9.17, 15) is 13.2 Å². The van der Waals surface area contributed by atoms with Gasteiger partial charge in [-0.05, 0) is 24.3 Å². The van der Waals surface area contributed by atoms with Gasteiger partial charge >= 0.3 is 0 Å². The number of rotatable bonds is 6. The van der Waals surface area contributed by atoms with Gasteiger partial charge in [0.2, 0.25) is 15.9 Å². The van der Waals surface area contributed by atoms with E-state index in [4.69, 9.17) is 0 Å². The first-order chi connectivity index (χ1) is 12.0. The molecule has 0 aromatic heterocycles. The highest BCUT2D eigenvalue weighted by molar-refractivity contribution is 7.88. The zero-order chi connectivity index (χ0) is 17.7. The number of hydrogen-bond acceptors (Lipinski definition) is 5. The summed E-state index contributed by atoms with van der Waals surface area (Å²) in [4.78, 5) is 14.4. The van der Waals surface area contributed by atoms with Gasteiger partial charge in [0, 0.05) is 32.7 Å². The van der Waals surface area contributed by atoms with E-state index in [1.54, 1.807) is 0 Å². The number of amides is 1. The lowest BCUT2D eigenvalue weighted by molar-refractivity contribution is -0.136. The lowest BCUT2D eigenvalue weighted by Crippen LogP contribution is -2.46. The number of hydrazine groups is 1. The second kappa shape index (κ2) is 8.27. The van der Waals surface area contributed by atoms with Crippen LogP contribution in [0.5, 0.6) is 0 Å². The highest BCUT2D eigenvalue weighted by Crippen LogP contribution is 2.19. The van der Waals surface area contributed by atoms with Crippen molar-refractivity contribution in [1.29, 1.82) is 0 Å². The SMILES string of the molecule is O=C(C1CNNC1)N1CCCC(CNS(=O)(=O)Cc2ccccc2)C1. The summed E-state index contributed by atoms with van der Waals surface area (Å²) in [5.74, 6) is 0.302. The molecule has 2 fully saturated rings. The van der Waals surface area contributed by atoms with Crippen molar-refractivity contribution in [3.8, 4) is 0 Å². The zero-order valence-corrected chi connectivity index (χ0v) is 15.1. The van der Waals surface area contributed by atoms with Gasteiger partial charge in [0.1, 0.15) is 0 Å². The summed E-state index contributed by atoms with van der Waals surface area (Å²) in [5.41, 5.74) is 6.74. The molecule has 2 aliphatic heterocycles. The fourth-order valence-electron chi connectivity index (χ4n) is 3.42. The van der Waals surface area contributed by atoms with E-state index in [2.05, 4.69) is 15.6 Å². The van der Waals surface area contributed by atoms with E-state index >= 15 is 0 Å². The molecular weight excluding hydrogens is 340 g/mol. The van der Waals surface area contributed by atoms with Gasteiger partial charge in [-0.3, -0.25) is 15.6 Å². The van der Waals surface area contributed by atoms with E-state index in [0.717, 1.165) is 24.9 Å². The van der Waals surface area contributed by atoms with Crippen LogP contribution < -0.4 is 15.6 Å². The van der Waals surface area contributed by atoms with Gasteiger partial charge in [-0.15, -0.1) is 0 Å². The number of sulfonamides is 1. The standard InChI is InChI=1S/C17H26N4O3S/c22-17(16-10-18-19-11-16)21-8-4-7-15(12-21)9-20-25(23,24)13-14-5-2-1-3-6-14/h1-3,5-6,15-16,18-20H,4,7-13H2. The fraction of sp³-hybridized carbons (Fsp3) is 0.588. The van der Waals surface area contributed by atoms with Crippen molar-refractivity contribution in [2.45, 2.75) is 18.6 Å². The molecule has 3 rings (SSSR count). The Bertz CT molecular complexity index is 674. The third kappa shape index (κ3) is 5.24. The van der Waals surface area contributed by atoms with E-state index in [1.165, 1.54) is 0 Å². The lowest BCUT2D eigenvalue weighted by Gasteiger charge is -2.34. The first-order valence-electron chi connectivity index (χ1n) is 8.79. The van der Waals surface area contributed by atoms with Crippen LogP contribution in [0, 0.1) is 11.8 Å². The Hall–Kier alpha value is -1.48. The maximum atomic E-state index is 12.5. The van der Waals surface area contributed by atoms with E-state index in [-0.39, 0.29) is 23.5 Å². The Morgan fingerprint density at radius 1 is 1.20 bits per heavy atom. The third-order valence-corrected chi connectivity index (χ3v) is 6.11. The van der Waals surface area contributed by atoms with E-state index < -0.39 is 10.0 Å². The van der Waals surface area contributed by atoms with Crippen LogP contribution in [0.4, 0.5) is 0 Å². The number of carbonyl (C=O) groups is 1. The maximum Gasteiger partial charge on any atom is 0.228 e. The van der Waals surface area contributed by atoms with Gasteiger partial charge in [0.25, 0.3) is 0 Å². The maximum absolute atomic E-state index is 12.5. The van der Waals surface area contributed by atoms with Gasteiger partial charge in [0.05, 0.1) is 11.7 Å². The summed E-state index contributed by atoms with van der Waals surface area (Å²) in [6.45, 7) is 3.10. The molecule has 25 heavy (non-hydrogen) atoms. The summed E-state index contributed by atoms with van der Waals surface area (Å²) in [6.07, 6.45) is 1.86. The van der Waals surface area contributed by atoms with Crippen molar-refractivity contribution in [2.24, 2.45) is 11.8 Å². The molecule has 1 atom stereocenters. The van der Waals surface area contributed by atoms with Gasteiger partial charge in [-0.2, -0.15) is 0 Å². The Morgan fingerprint density at radius 3 is 2.64 bits per heavy atom. The minimum Gasteiger partial charge on any atom is -0.342 e. The predicted molar refractivity (Wildman–Crippen MR) is 95.9 cm³/mol. The summed E-state index contributed by atoms with van der Waals surface area (Å²) in [7, 11) is -3.36. The van der Waals surface area contributed by atoms with Gasteiger partial charge in [0.15, 0.2) is 0 Å². The van der Waals surface area contributed by atoms with Gasteiger partial charge < -0.3 is 4.90 Å². The van der Waals surface area contributed by atoms with Crippen molar-refractivity contribution in [3.05, 3.63) is 35.9 Å². The Morgan fingerprint density at radius 2 is 1.92 bits per heavy atom. The second-order valence-electron chi connectivity index (χ2n) is 6.84. The van der Waals surface area contributed by atoms with Crippen LogP contribution in [0.2, 0.25) is 0 Å². The van der Waals surface area contributed by atoms with Crippen molar-refractivity contribution in [1.82, 2.24) is 20.5 Å². The highest BCUT2D eigenvalue weighted by Gasteiger charge is 2.30. The lowest BCUT2D eigenvalue weighted by atomic mass is 9.97. The number of nitrogens with one attached hydrogen (secondary N) is 3. The first kappa shape index (κ1) is 18.3. The molecular formula is C17H26N4O3S. The van der Waals surface area contributed by atoms with Gasteiger partial charge in [-0.25, -0.2) is 13.1 Å². The summed E-state index contributed by atoms with van der Waals surface area (Å²) >= 11 is 0. The topological polar surface area (TPSA) is 90.5 Å². The van der Waals surface area contributed by atoms with Crippen molar-refractivity contribution >= 4 is 15.9 Å². The number of nitrogens with zero attached hydrogens (tertiary/aromatic N) is 1. The Labute approximate surface area is 149 Å². The van der Waals surface area contributed by atoms with Crippen LogP contribution in [0.15, 0.2) is 30.3 Å². The van der Waals surface area contributed by atoms with Crippen LogP contribution in [0.3, 0.4) is 0 Å². The number of carbonyl (C=O) groups excluding carboxylic acids is 1. The molecule has 1 aromatic rings. The molecule has 0 bridgehead atoms. The zero-order valence-electron chi connectivity index (χ0n) is 14.3. The molecule has 2 heterocycles. The molecule has 7 nitrogen and oxygen atoms in total. The summed E-state index contributed by atoms with van der Waals surface area (Å²) in [6, 6.07) is 9.16. The van der Waals surface area contributed by atoms with Crippen molar-refractivity contribution in [3.63, 3.8) is 0 Å². The van der Waals surface area contributed by atoms with Gasteiger partial charge in [-0.1, -0.05) is 30.3 Å². The summed E-state index contributed by atoms with van der Waals surface area (Å²) < 4.78 is 27.2. The molecule has 0 spiro atoms. The molecule has 2 aliphatic rings. The molecule has 1 unspecified atom stereocenters. The van der Waals surface area contributed by atoms with E-state index in [1.807, 2.05) is 35.2 Å². The molecule has 0 saturated carbocycles. The predicted octanol–water partition coefficient (Wildman–Crippen LogP) is 0.0686. The number of piperidine rings is 1. The number of benzene rings is 1. The third-order valence-electron chi connectivity index (χ3n) is 4.79. The van der Waals surface area contributed by atoms with Crippen LogP contribution in [-0.2, 0) is 20.6 Å². The van der Waals surface area contributed by atoms with Crippen LogP contribution >= 0.6 is 0 Å². The Balaban J connectivity index is 1.49. The van der Waals surface area contributed by atoms with Crippen molar-refractivity contribution in [2.75, 3.05) is 32.7 Å². The van der Waals surface area contributed by atoms with Crippen molar-refractivity contribution < 1.29 is 13.2 Å². The molecule has 138 valence electrons. The average molecular weight is 366 g/mol. The molecule has 1 amide bonds. The normalized spacial score (nSPS) is 22.2. The number of hydrogen-bond donors (Lipinski definition) is 3. The first-order valence-corrected chi connectivity index (χ1v) is 10.4. The van der Waals surface area contributed by atoms with E-state index in [0.29, 0.717) is 26.2 Å². The molecule has 0 radical (unpaired) electrons. The molecule has 8 heteroatoms. The second-order valence-corrected chi connectivity index (χ2v) is 8.65. The fourth-order valence-corrected chi connectivity index (χ4v) is 4.64. The van der Waals surface area contributed by atoms with Crippen LogP contribution in [0.1, 0.15) is 18.4 Å². The monoisotopic (exact) mass is 366 g/mol. The minimum absolute atomic E-state index is 0.0113. The average Bonchev–Trinajstić information content (AvgIpc) is 3.15.